The minimum Gasteiger partial charge on any atom is -0.481 e. The van der Waals surface area contributed by atoms with Crippen LogP contribution in [0.3, 0.4) is 0 Å². The minimum atomic E-state index is -0.442. The second-order valence-corrected chi connectivity index (χ2v) is 4.52. The first-order valence-electron chi connectivity index (χ1n) is 6.78. The molecule has 2 rings (SSSR count). The van der Waals surface area contributed by atoms with Crippen molar-refractivity contribution in [2.24, 2.45) is 0 Å². The summed E-state index contributed by atoms with van der Waals surface area (Å²) in [6.45, 7) is 1.93. The van der Waals surface area contributed by atoms with Crippen molar-refractivity contribution < 1.29 is 9.53 Å². The predicted molar refractivity (Wildman–Crippen MR) is 80.7 cm³/mol. The summed E-state index contributed by atoms with van der Waals surface area (Å²) in [6, 6.07) is 17.9. The molecule has 0 heterocycles. The van der Waals surface area contributed by atoms with Crippen LogP contribution in [0.5, 0.6) is 5.75 Å². The highest BCUT2D eigenvalue weighted by atomic mass is 16.5. The molecule has 0 fully saturated rings. The Hall–Kier alpha value is -2.29. The molecular weight excluding hydrogens is 250 g/mol. The monoisotopic (exact) mass is 269 g/mol. The molecule has 3 nitrogen and oxygen atoms in total. The second kappa shape index (κ2) is 6.75. The second-order valence-electron chi connectivity index (χ2n) is 4.52. The lowest BCUT2D eigenvalue weighted by Gasteiger charge is -2.16. The third-order valence-electron chi connectivity index (χ3n) is 3.15. The first-order chi connectivity index (χ1) is 9.74. The molecule has 0 saturated carbocycles. The Labute approximate surface area is 119 Å². The van der Waals surface area contributed by atoms with E-state index in [4.69, 9.17) is 4.74 Å². The Kier molecular flexibility index (Phi) is 4.77. The number of hydrogen-bond donors (Lipinski definition) is 1. The molecule has 0 unspecified atom stereocenters. The summed E-state index contributed by atoms with van der Waals surface area (Å²) in [6.07, 6.45) is 0.197. The van der Waals surface area contributed by atoms with Gasteiger partial charge < -0.3 is 10.1 Å². The maximum Gasteiger partial charge on any atom is 0.260 e. The minimum absolute atomic E-state index is 0.0976. The average molecular weight is 269 g/mol. The zero-order valence-corrected chi connectivity index (χ0v) is 11.8. The summed E-state index contributed by atoms with van der Waals surface area (Å²) in [5.41, 5.74) is 2.29. The van der Waals surface area contributed by atoms with Gasteiger partial charge in [-0.1, -0.05) is 49.4 Å². The Morgan fingerprint density at radius 2 is 1.65 bits per heavy atom. The van der Waals surface area contributed by atoms with Crippen LogP contribution < -0.4 is 10.1 Å². The van der Waals surface area contributed by atoms with E-state index in [1.54, 1.807) is 7.05 Å². The van der Waals surface area contributed by atoms with E-state index in [0.29, 0.717) is 12.2 Å². The van der Waals surface area contributed by atoms with Crippen molar-refractivity contribution in [2.45, 2.75) is 19.4 Å². The van der Waals surface area contributed by atoms with Crippen molar-refractivity contribution in [3.05, 3.63) is 54.6 Å². The van der Waals surface area contributed by atoms with E-state index in [1.165, 1.54) is 0 Å². The summed E-state index contributed by atoms with van der Waals surface area (Å²) >= 11 is 0. The lowest BCUT2D eigenvalue weighted by atomic mass is 10.1. The zero-order valence-electron chi connectivity index (χ0n) is 11.8. The maximum absolute atomic E-state index is 11.6. The van der Waals surface area contributed by atoms with Crippen LogP contribution in [0.25, 0.3) is 11.1 Å². The Balaban J connectivity index is 2.10. The first-order valence-corrected chi connectivity index (χ1v) is 6.78. The van der Waals surface area contributed by atoms with E-state index in [1.807, 2.05) is 49.4 Å². The van der Waals surface area contributed by atoms with E-state index in [9.17, 15) is 4.79 Å². The van der Waals surface area contributed by atoms with E-state index in [-0.39, 0.29) is 5.91 Å². The molecule has 0 spiro atoms. The predicted octanol–water partition coefficient (Wildman–Crippen LogP) is 3.26. The number of nitrogens with one attached hydrogen (secondary N) is 1. The van der Waals surface area contributed by atoms with Crippen LogP contribution in [0, 0.1) is 0 Å². The fourth-order valence-electron chi connectivity index (χ4n) is 2.00. The number of benzene rings is 2. The molecule has 0 bridgehead atoms. The molecule has 20 heavy (non-hydrogen) atoms. The summed E-state index contributed by atoms with van der Waals surface area (Å²) in [5, 5.41) is 2.61. The fourth-order valence-corrected chi connectivity index (χ4v) is 2.00. The van der Waals surface area contributed by atoms with E-state index in [0.717, 1.165) is 11.1 Å². The summed E-state index contributed by atoms with van der Waals surface area (Å²) in [7, 11) is 1.62. The summed E-state index contributed by atoms with van der Waals surface area (Å²) in [5.74, 6) is 0.611. The Bertz CT molecular complexity index is 549. The number of likely N-dealkylation sites (N-methyl/N-ethyl adjacent to an activating group) is 1. The largest absolute Gasteiger partial charge is 0.481 e. The number of ether oxygens (including phenoxy) is 1. The quantitative estimate of drug-likeness (QED) is 0.904. The van der Waals surface area contributed by atoms with Gasteiger partial charge in [-0.15, -0.1) is 0 Å². The highest BCUT2D eigenvalue weighted by Crippen LogP contribution is 2.22. The molecule has 0 aliphatic carbocycles. The lowest BCUT2D eigenvalue weighted by molar-refractivity contribution is -0.127. The van der Waals surface area contributed by atoms with Crippen LogP contribution in [0.2, 0.25) is 0 Å². The van der Waals surface area contributed by atoms with Crippen LogP contribution in [-0.2, 0) is 4.79 Å². The highest BCUT2D eigenvalue weighted by molar-refractivity contribution is 5.80. The molecule has 0 aromatic heterocycles. The van der Waals surface area contributed by atoms with Gasteiger partial charge in [0.2, 0.25) is 0 Å². The first kappa shape index (κ1) is 14.1. The number of rotatable bonds is 5. The van der Waals surface area contributed by atoms with Gasteiger partial charge in [0.15, 0.2) is 6.10 Å². The molecule has 3 heteroatoms. The molecular formula is C17H19NO2. The summed E-state index contributed by atoms with van der Waals surface area (Å²) < 4.78 is 5.70. The number of carbonyl (C=O) groups is 1. The normalized spacial score (nSPS) is 11.7. The molecule has 0 aliphatic rings. The SMILES string of the molecule is CC[C@H](Oc1ccc(-c2ccccc2)cc1)C(=O)NC. The van der Waals surface area contributed by atoms with E-state index < -0.39 is 6.10 Å². The molecule has 0 aliphatic heterocycles. The standard InChI is InChI=1S/C17H19NO2/c1-3-16(17(19)18-2)20-15-11-9-14(10-12-15)13-7-5-4-6-8-13/h4-12,16H,3H2,1-2H3,(H,18,19)/t16-/m0/s1. The third kappa shape index (κ3) is 3.38. The maximum atomic E-state index is 11.6. The van der Waals surface area contributed by atoms with Crippen LogP contribution in [-0.4, -0.2) is 19.1 Å². The Morgan fingerprint density at radius 1 is 1.05 bits per heavy atom. The van der Waals surface area contributed by atoms with Crippen LogP contribution >= 0.6 is 0 Å². The van der Waals surface area contributed by atoms with Gasteiger partial charge in [0.25, 0.3) is 5.91 Å². The van der Waals surface area contributed by atoms with Gasteiger partial charge >= 0.3 is 0 Å². The molecule has 2 aromatic carbocycles. The fraction of sp³-hybridized carbons (Fsp3) is 0.235. The van der Waals surface area contributed by atoms with Crippen molar-refractivity contribution >= 4 is 5.91 Å². The van der Waals surface area contributed by atoms with Crippen molar-refractivity contribution in [1.82, 2.24) is 5.32 Å². The van der Waals surface area contributed by atoms with Gasteiger partial charge in [-0.05, 0) is 29.7 Å². The van der Waals surface area contributed by atoms with E-state index in [2.05, 4.69) is 17.4 Å². The number of amides is 1. The zero-order chi connectivity index (χ0) is 14.4. The molecule has 104 valence electrons. The van der Waals surface area contributed by atoms with Gasteiger partial charge in [0.1, 0.15) is 5.75 Å². The van der Waals surface area contributed by atoms with Crippen molar-refractivity contribution in [2.75, 3.05) is 7.05 Å². The van der Waals surface area contributed by atoms with Gasteiger partial charge in [-0.2, -0.15) is 0 Å². The molecule has 0 saturated heterocycles. The van der Waals surface area contributed by atoms with Crippen molar-refractivity contribution in [3.63, 3.8) is 0 Å². The molecule has 0 radical (unpaired) electrons. The molecule has 1 atom stereocenters. The van der Waals surface area contributed by atoms with E-state index >= 15 is 0 Å². The van der Waals surface area contributed by atoms with Crippen LogP contribution in [0.15, 0.2) is 54.6 Å². The van der Waals surface area contributed by atoms with Crippen LogP contribution in [0.4, 0.5) is 0 Å². The highest BCUT2D eigenvalue weighted by Gasteiger charge is 2.16. The molecule has 1 N–H and O–H groups in total. The molecule has 1 amide bonds. The van der Waals surface area contributed by atoms with Gasteiger partial charge in [0, 0.05) is 7.05 Å². The van der Waals surface area contributed by atoms with Crippen LogP contribution in [0.1, 0.15) is 13.3 Å². The lowest BCUT2D eigenvalue weighted by Crippen LogP contribution is -2.35. The smallest absolute Gasteiger partial charge is 0.260 e. The molecule has 2 aromatic rings. The third-order valence-corrected chi connectivity index (χ3v) is 3.15. The van der Waals surface area contributed by atoms with Crippen molar-refractivity contribution in [3.8, 4) is 16.9 Å². The average Bonchev–Trinajstić information content (AvgIpc) is 2.53. The van der Waals surface area contributed by atoms with Gasteiger partial charge in [0.05, 0.1) is 0 Å². The topological polar surface area (TPSA) is 38.3 Å². The van der Waals surface area contributed by atoms with Crippen molar-refractivity contribution in [1.29, 1.82) is 0 Å². The number of carbonyl (C=O) groups excluding carboxylic acids is 1. The Morgan fingerprint density at radius 3 is 2.20 bits per heavy atom. The summed E-state index contributed by atoms with van der Waals surface area (Å²) in [4.78, 5) is 11.6. The van der Waals surface area contributed by atoms with Gasteiger partial charge in [-0.3, -0.25) is 4.79 Å². The van der Waals surface area contributed by atoms with Gasteiger partial charge in [-0.25, -0.2) is 0 Å². The number of hydrogen-bond acceptors (Lipinski definition) is 2.